The van der Waals surface area contributed by atoms with Crippen molar-refractivity contribution in [2.75, 3.05) is 32.6 Å². The van der Waals surface area contributed by atoms with Crippen LogP contribution in [0.2, 0.25) is 0 Å². The highest BCUT2D eigenvalue weighted by Crippen LogP contribution is 2.26. The minimum atomic E-state index is -0.350. The van der Waals surface area contributed by atoms with Gasteiger partial charge < -0.3 is 15.0 Å². The standard InChI is InChI=1S/C17H28N2O2/c1-6-13(2)15-9-7-8-10-16(15)18-14(3)17(20)21-12-11-19(4)5/h7-10,13-14,18H,6,11-12H2,1-5H3/t13?,14-/m0/s1. The van der Waals surface area contributed by atoms with Crippen molar-refractivity contribution >= 4 is 11.7 Å². The van der Waals surface area contributed by atoms with Crippen LogP contribution < -0.4 is 5.32 Å². The molecule has 0 spiro atoms. The van der Waals surface area contributed by atoms with E-state index in [9.17, 15) is 4.79 Å². The zero-order valence-electron chi connectivity index (χ0n) is 13.8. The molecule has 1 unspecified atom stereocenters. The third kappa shape index (κ3) is 5.76. The molecule has 0 aliphatic rings. The van der Waals surface area contributed by atoms with Crippen LogP contribution in [0.4, 0.5) is 5.69 Å². The van der Waals surface area contributed by atoms with Gasteiger partial charge in [-0.3, -0.25) is 0 Å². The van der Waals surface area contributed by atoms with Crippen LogP contribution in [0.15, 0.2) is 24.3 Å². The molecule has 0 amide bonds. The quantitative estimate of drug-likeness (QED) is 0.748. The van der Waals surface area contributed by atoms with Crippen LogP contribution in [0.1, 0.15) is 38.7 Å². The molecule has 4 nitrogen and oxygen atoms in total. The Labute approximate surface area is 128 Å². The molecule has 1 aromatic carbocycles. The number of para-hydroxylation sites is 1. The van der Waals surface area contributed by atoms with Crippen molar-refractivity contribution in [3.05, 3.63) is 29.8 Å². The average molecular weight is 292 g/mol. The van der Waals surface area contributed by atoms with Crippen molar-refractivity contribution in [1.29, 1.82) is 0 Å². The zero-order chi connectivity index (χ0) is 15.8. The second-order valence-corrected chi connectivity index (χ2v) is 5.73. The van der Waals surface area contributed by atoms with Crippen molar-refractivity contribution < 1.29 is 9.53 Å². The molecule has 0 aliphatic carbocycles. The summed E-state index contributed by atoms with van der Waals surface area (Å²) >= 11 is 0. The number of nitrogens with one attached hydrogen (secondary N) is 1. The van der Waals surface area contributed by atoms with Crippen LogP contribution in [0.3, 0.4) is 0 Å². The molecule has 0 heterocycles. The Balaban J connectivity index is 2.62. The SMILES string of the molecule is CCC(C)c1ccccc1N[C@@H](C)C(=O)OCCN(C)C. The third-order valence-corrected chi connectivity index (χ3v) is 3.61. The molecule has 4 heteroatoms. The Morgan fingerprint density at radius 1 is 1.29 bits per heavy atom. The third-order valence-electron chi connectivity index (χ3n) is 3.61. The predicted molar refractivity (Wildman–Crippen MR) is 87.7 cm³/mol. The monoisotopic (exact) mass is 292 g/mol. The van der Waals surface area contributed by atoms with Crippen LogP contribution >= 0.6 is 0 Å². The zero-order valence-corrected chi connectivity index (χ0v) is 13.8. The Morgan fingerprint density at radius 2 is 1.95 bits per heavy atom. The van der Waals surface area contributed by atoms with Crippen molar-refractivity contribution in [2.45, 2.75) is 39.2 Å². The van der Waals surface area contributed by atoms with Crippen molar-refractivity contribution in [3.8, 4) is 0 Å². The average Bonchev–Trinajstić information content (AvgIpc) is 2.46. The summed E-state index contributed by atoms with van der Waals surface area (Å²) < 4.78 is 5.27. The Bertz CT molecular complexity index is 446. The second kappa shape index (κ2) is 8.67. The largest absolute Gasteiger partial charge is 0.463 e. The van der Waals surface area contributed by atoms with Gasteiger partial charge in [0, 0.05) is 12.2 Å². The number of carbonyl (C=O) groups excluding carboxylic acids is 1. The second-order valence-electron chi connectivity index (χ2n) is 5.73. The molecule has 0 bridgehead atoms. The maximum absolute atomic E-state index is 12.0. The minimum absolute atomic E-state index is 0.212. The summed E-state index contributed by atoms with van der Waals surface area (Å²) in [5.41, 5.74) is 2.26. The first-order valence-corrected chi connectivity index (χ1v) is 7.62. The van der Waals surface area contributed by atoms with E-state index in [1.807, 2.05) is 44.1 Å². The first kappa shape index (κ1) is 17.5. The summed E-state index contributed by atoms with van der Waals surface area (Å²) in [6.07, 6.45) is 1.07. The summed E-state index contributed by atoms with van der Waals surface area (Å²) in [6, 6.07) is 7.80. The molecule has 0 saturated heterocycles. The smallest absolute Gasteiger partial charge is 0.328 e. The molecule has 1 N–H and O–H groups in total. The Kier molecular flexibility index (Phi) is 7.23. The molecule has 1 aromatic rings. The van der Waals surface area contributed by atoms with Gasteiger partial charge in [0.25, 0.3) is 0 Å². The molecule has 118 valence electrons. The molecule has 0 aromatic heterocycles. The van der Waals surface area contributed by atoms with Crippen LogP contribution in [0.5, 0.6) is 0 Å². The number of hydrogen-bond acceptors (Lipinski definition) is 4. The molecular weight excluding hydrogens is 264 g/mol. The summed E-state index contributed by atoms with van der Waals surface area (Å²) in [7, 11) is 3.91. The lowest BCUT2D eigenvalue weighted by molar-refractivity contribution is -0.144. The van der Waals surface area contributed by atoms with Gasteiger partial charge in [-0.25, -0.2) is 4.79 Å². The highest BCUT2D eigenvalue weighted by Gasteiger charge is 2.16. The highest BCUT2D eigenvalue weighted by molar-refractivity contribution is 5.79. The number of hydrogen-bond donors (Lipinski definition) is 1. The van der Waals surface area contributed by atoms with E-state index in [1.54, 1.807) is 0 Å². The van der Waals surface area contributed by atoms with Crippen LogP contribution in [-0.4, -0.2) is 44.2 Å². The van der Waals surface area contributed by atoms with Gasteiger partial charge in [-0.15, -0.1) is 0 Å². The number of carbonyl (C=O) groups is 1. The number of rotatable bonds is 8. The number of esters is 1. The van der Waals surface area contributed by atoms with Crippen molar-refractivity contribution in [3.63, 3.8) is 0 Å². The fraction of sp³-hybridized carbons (Fsp3) is 0.588. The van der Waals surface area contributed by atoms with E-state index in [4.69, 9.17) is 4.74 Å². The molecule has 0 fully saturated rings. The lowest BCUT2D eigenvalue weighted by atomic mass is 9.96. The van der Waals surface area contributed by atoms with Crippen molar-refractivity contribution in [1.82, 2.24) is 4.90 Å². The fourth-order valence-electron chi connectivity index (χ4n) is 2.02. The lowest BCUT2D eigenvalue weighted by Gasteiger charge is -2.20. The Hall–Kier alpha value is -1.55. The normalized spacial score (nSPS) is 13.8. The molecule has 21 heavy (non-hydrogen) atoms. The van der Waals surface area contributed by atoms with Gasteiger partial charge in [0.2, 0.25) is 0 Å². The van der Waals surface area contributed by atoms with E-state index >= 15 is 0 Å². The lowest BCUT2D eigenvalue weighted by Crippen LogP contribution is -2.31. The molecule has 2 atom stereocenters. The molecular formula is C17H28N2O2. The van der Waals surface area contributed by atoms with Gasteiger partial charge in [0.15, 0.2) is 0 Å². The van der Waals surface area contributed by atoms with Gasteiger partial charge >= 0.3 is 5.97 Å². The fourth-order valence-corrected chi connectivity index (χ4v) is 2.02. The molecule has 0 aliphatic heterocycles. The topological polar surface area (TPSA) is 41.6 Å². The highest BCUT2D eigenvalue weighted by atomic mass is 16.5. The minimum Gasteiger partial charge on any atom is -0.463 e. The number of nitrogens with zero attached hydrogens (tertiary/aromatic N) is 1. The van der Waals surface area contributed by atoms with Gasteiger partial charge in [-0.2, -0.15) is 0 Å². The maximum atomic E-state index is 12.0. The molecule has 1 rings (SSSR count). The van der Waals surface area contributed by atoms with Gasteiger partial charge in [0.1, 0.15) is 12.6 Å². The number of likely N-dealkylation sites (N-methyl/N-ethyl adjacent to an activating group) is 1. The Morgan fingerprint density at radius 3 is 2.57 bits per heavy atom. The molecule has 0 saturated carbocycles. The number of anilines is 1. The predicted octanol–water partition coefficient (Wildman–Crippen LogP) is 3.11. The van der Waals surface area contributed by atoms with Crippen molar-refractivity contribution in [2.24, 2.45) is 0 Å². The van der Waals surface area contributed by atoms with Gasteiger partial charge in [0.05, 0.1) is 0 Å². The van der Waals surface area contributed by atoms with Gasteiger partial charge in [-0.1, -0.05) is 32.0 Å². The maximum Gasteiger partial charge on any atom is 0.328 e. The first-order valence-electron chi connectivity index (χ1n) is 7.62. The van der Waals surface area contributed by atoms with E-state index in [0.29, 0.717) is 12.5 Å². The van der Waals surface area contributed by atoms with Crippen LogP contribution in [0, 0.1) is 0 Å². The van der Waals surface area contributed by atoms with Gasteiger partial charge in [-0.05, 0) is 45.0 Å². The summed E-state index contributed by atoms with van der Waals surface area (Å²) in [5.74, 6) is 0.251. The van der Waals surface area contributed by atoms with Crippen LogP contribution in [-0.2, 0) is 9.53 Å². The van der Waals surface area contributed by atoms with E-state index in [0.717, 1.165) is 18.7 Å². The summed E-state index contributed by atoms with van der Waals surface area (Å²) in [6.45, 7) is 7.36. The summed E-state index contributed by atoms with van der Waals surface area (Å²) in [4.78, 5) is 14.0. The summed E-state index contributed by atoms with van der Waals surface area (Å²) in [5, 5.41) is 3.28. The van der Waals surface area contributed by atoms with E-state index < -0.39 is 0 Å². The number of benzene rings is 1. The molecule has 0 radical (unpaired) electrons. The van der Waals surface area contributed by atoms with E-state index in [-0.39, 0.29) is 12.0 Å². The van der Waals surface area contributed by atoms with Crippen LogP contribution in [0.25, 0.3) is 0 Å². The first-order chi connectivity index (χ1) is 9.95. The van der Waals surface area contributed by atoms with E-state index in [2.05, 4.69) is 25.2 Å². The van der Waals surface area contributed by atoms with E-state index in [1.165, 1.54) is 5.56 Å². The number of ether oxygens (including phenoxy) is 1.